The zero-order valence-corrected chi connectivity index (χ0v) is 20.0. The van der Waals surface area contributed by atoms with E-state index in [1.54, 1.807) is 22.7 Å². The number of aromatic nitrogens is 1. The minimum atomic E-state index is -3.41. The van der Waals surface area contributed by atoms with Crippen molar-refractivity contribution in [3.8, 4) is 10.6 Å². The number of nitrogens with one attached hydrogen (secondary N) is 1. The van der Waals surface area contributed by atoms with Crippen molar-refractivity contribution in [3.63, 3.8) is 0 Å². The van der Waals surface area contributed by atoms with Gasteiger partial charge < -0.3 is 5.32 Å². The quantitative estimate of drug-likeness (QED) is 0.602. The Morgan fingerprint density at radius 1 is 1.23 bits per heavy atom. The van der Waals surface area contributed by atoms with Gasteiger partial charge in [-0.1, -0.05) is 19.1 Å². The molecule has 1 aliphatic carbocycles. The van der Waals surface area contributed by atoms with E-state index in [2.05, 4.69) is 18.3 Å². The van der Waals surface area contributed by atoms with E-state index in [0.717, 1.165) is 45.1 Å². The average Bonchev–Trinajstić information content (AvgIpc) is 3.42. The molecule has 2 unspecified atom stereocenters. The van der Waals surface area contributed by atoms with Crippen molar-refractivity contribution in [1.29, 1.82) is 0 Å². The molecule has 1 amide bonds. The molecule has 2 atom stereocenters. The van der Waals surface area contributed by atoms with Crippen molar-refractivity contribution in [1.82, 2.24) is 9.29 Å². The van der Waals surface area contributed by atoms with E-state index >= 15 is 0 Å². The van der Waals surface area contributed by atoms with Gasteiger partial charge in [0.25, 0.3) is 0 Å². The van der Waals surface area contributed by atoms with Crippen LogP contribution in [0.15, 0.2) is 24.3 Å². The van der Waals surface area contributed by atoms with Gasteiger partial charge in [0.1, 0.15) is 16.1 Å². The SMILES string of the molecule is CC1CCc2c(sc(NC(=O)C3CCCN3S(C)(=O)=O)c2-c2nc3ccccc3s2)C1. The van der Waals surface area contributed by atoms with Gasteiger partial charge in [0.05, 0.1) is 16.5 Å². The van der Waals surface area contributed by atoms with Crippen LogP contribution < -0.4 is 5.32 Å². The third-order valence-corrected chi connectivity index (χ3v) is 9.70. The number of hydrogen-bond donors (Lipinski definition) is 1. The van der Waals surface area contributed by atoms with Crippen LogP contribution >= 0.6 is 22.7 Å². The summed E-state index contributed by atoms with van der Waals surface area (Å²) in [6.45, 7) is 2.67. The van der Waals surface area contributed by atoms with Crippen LogP contribution in [-0.4, -0.2) is 42.5 Å². The maximum Gasteiger partial charge on any atom is 0.243 e. The highest BCUT2D eigenvalue weighted by Crippen LogP contribution is 2.47. The Labute approximate surface area is 190 Å². The van der Waals surface area contributed by atoms with E-state index in [0.29, 0.717) is 25.3 Å². The van der Waals surface area contributed by atoms with Gasteiger partial charge in [0, 0.05) is 17.0 Å². The zero-order valence-electron chi connectivity index (χ0n) is 17.6. The van der Waals surface area contributed by atoms with E-state index in [4.69, 9.17) is 4.98 Å². The van der Waals surface area contributed by atoms with E-state index in [9.17, 15) is 13.2 Å². The molecule has 1 N–H and O–H groups in total. The van der Waals surface area contributed by atoms with Crippen LogP contribution in [0.3, 0.4) is 0 Å². The van der Waals surface area contributed by atoms with Crippen molar-refractivity contribution in [2.24, 2.45) is 5.92 Å². The number of benzene rings is 1. The lowest BCUT2D eigenvalue weighted by molar-refractivity contribution is -0.119. The number of carbonyl (C=O) groups is 1. The Balaban J connectivity index is 1.55. The Hall–Kier alpha value is -1.81. The summed E-state index contributed by atoms with van der Waals surface area (Å²) >= 11 is 3.28. The van der Waals surface area contributed by atoms with Crippen molar-refractivity contribution >= 4 is 53.8 Å². The normalized spacial score (nSPS) is 22.0. The topological polar surface area (TPSA) is 79.4 Å². The number of sulfonamides is 1. The van der Waals surface area contributed by atoms with Crippen LogP contribution in [-0.2, 0) is 27.7 Å². The molecule has 1 aliphatic heterocycles. The van der Waals surface area contributed by atoms with E-state index in [1.807, 2.05) is 18.2 Å². The number of hydrogen-bond acceptors (Lipinski definition) is 6. The maximum atomic E-state index is 13.2. The van der Waals surface area contributed by atoms with Crippen molar-refractivity contribution < 1.29 is 13.2 Å². The van der Waals surface area contributed by atoms with Crippen molar-refractivity contribution in [2.75, 3.05) is 18.1 Å². The first-order valence-electron chi connectivity index (χ1n) is 10.6. The average molecular weight is 476 g/mol. The summed E-state index contributed by atoms with van der Waals surface area (Å²) in [5.74, 6) is 0.380. The molecule has 1 fully saturated rings. The number of carbonyl (C=O) groups excluding carboxylic acids is 1. The lowest BCUT2D eigenvalue weighted by atomic mass is 9.88. The number of para-hydroxylation sites is 1. The van der Waals surface area contributed by atoms with Gasteiger partial charge in [0.15, 0.2) is 0 Å². The predicted molar refractivity (Wildman–Crippen MR) is 127 cm³/mol. The first-order valence-corrected chi connectivity index (χ1v) is 14.1. The molecule has 1 saturated heterocycles. The van der Waals surface area contributed by atoms with Gasteiger partial charge in [-0.3, -0.25) is 4.79 Å². The fourth-order valence-corrected chi connectivity index (χ4v) is 8.29. The van der Waals surface area contributed by atoms with Crippen LogP contribution in [0.2, 0.25) is 0 Å². The highest BCUT2D eigenvalue weighted by Gasteiger charge is 2.37. The number of anilines is 1. The summed E-state index contributed by atoms with van der Waals surface area (Å²) in [6, 6.07) is 7.43. The second-order valence-corrected chi connectivity index (χ2v) is 12.6. The fraction of sp³-hybridized carbons (Fsp3) is 0.455. The smallest absolute Gasteiger partial charge is 0.243 e. The van der Waals surface area contributed by atoms with Crippen molar-refractivity contribution in [2.45, 2.75) is 45.1 Å². The molecule has 5 rings (SSSR count). The standard InChI is InChI=1S/C22H25N3O3S3/c1-13-9-10-14-18(12-13)30-22(19(14)21-23-15-6-3-4-8-17(15)29-21)24-20(26)16-7-5-11-25(16)31(2,27)28/h3-4,6,8,13,16H,5,7,9-12H2,1-2H3,(H,24,26). The van der Waals surface area contributed by atoms with Crippen LogP contribution in [0.5, 0.6) is 0 Å². The predicted octanol–water partition coefficient (Wildman–Crippen LogP) is 4.51. The van der Waals surface area contributed by atoms with Gasteiger partial charge in [0.2, 0.25) is 15.9 Å². The molecular formula is C22H25N3O3S3. The lowest BCUT2D eigenvalue weighted by Gasteiger charge is -2.21. The number of thiophene rings is 1. The third kappa shape index (κ3) is 3.92. The Morgan fingerprint density at radius 2 is 2.03 bits per heavy atom. The summed E-state index contributed by atoms with van der Waals surface area (Å²) in [5.41, 5.74) is 3.29. The maximum absolute atomic E-state index is 13.2. The molecule has 6 nitrogen and oxygen atoms in total. The summed E-state index contributed by atoms with van der Waals surface area (Å²) in [5, 5.41) is 4.84. The van der Waals surface area contributed by atoms with E-state index < -0.39 is 16.1 Å². The molecule has 2 aromatic heterocycles. The molecule has 0 spiro atoms. The van der Waals surface area contributed by atoms with Crippen LogP contribution in [0.25, 0.3) is 20.8 Å². The number of amides is 1. The Bertz CT molecular complexity index is 1230. The third-order valence-electron chi connectivity index (χ3n) is 6.19. The zero-order chi connectivity index (χ0) is 21.8. The van der Waals surface area contributed by atoms with Gasteiger partial charge in [-0.15, -0.1) is 22.7 Å². The number of rotatable bonds is 4. The molecule has 3 aromatic rings. The highest BCUT2D eigenvalue weighted by molar-refractivity contribution is 7.88. The number of nitrogens with zero attached hydrogens (tertiary/aromatic N) is 2. The second-order valence-electron chi connectivity index (χ2n) is 8.56. The number of thiazole rings is 1. The van der Waals surface area contributed by atoms with Gasteiger partial charge >= 0.3 is 0 Å². The van der Waals surface area contributed by atoms with Crippen LogP contribution in [0.4, 0.5) is 5.00 Å². The first kappa shape index (κ1) is 21.1. The van der Waals surface area contributed by atoms with E-state index in [1.165, 1.54) is 21.0 Å². The molecule has 0 bridgehead atoms. The molecule has 1 aromatic carbocycles. The van der Waals surface area contributed by atoms with E-state index in [-0.39, 0.29) is 5.91 Å². The second kappa shape index (κ2) is 7.95. The Kier molecular flexibility index (Phi) is 5.40. The van der Waals surface area contributed by atoms with Crippen LogP contribution in [0, 0.1) is 5.92 Å². The Morgan fingerprint density at radius 3 is 2.81 bits per heavy atom. The molecule has 3 heterocycles. The number of fused-ring (bicyclic) bond motifs is 2. The van der Waals surface area contributed by atoms with Gasteiger partial charge in [-0.25, -0.2) is 13.4 Å². The fourth-order valence-electron chi connectivity index (χ4n) is 4.64. The largest absolute Gasteiger partial charge is 0.316 e. The van der Waals surface area contributed by atoms with Crippen molar-refractivity contribution in [3.05, 3.63) is 34.7 Å². The molecule has 164 valence electrons. The minimum absolute atomic E-state index is 0.239. The van der Waals surface area contributed by atoms with Gasteiger partial charge in [-0.05, 0) is 55.7 Å². The molecular weight excluding hydrogens is 450 g/mol. The monoisotopic (exact) mass is 475 g/mol. The molecule has 2 aliphatic rings. The first-order chi connectivity index (χ1) is 14.8. The van der Waals surface area contributed by atoms with Gasteiger partial charge in [-0.2, -0.15) is 4.31 Å². The minimum Gasteiger partial charge on any atom is -0.316 e. The molecule has 9 heteroatoms. The highest BCUT2D eigenvalue weighted by atomic mass is 32.2. The molecule has 31 heavy (non-hydrogen) atoms. The summed E-state index contributed by atoms with van der Waals surface area (Å²) in [6.07, 6.45) is 5.54. The van der Waals surface area contributed by atoms with Crippen LogP contribution in [0.1, 0.15) is 36.6 Å². The lowest BCUT2D eigenvalue weighted by Crippen LogP contribution is -2.42. The molecule has 0 saturated carbocycles. The summed E-state index contributed by atoms with van der Waals surface area (Å²) < 4.78 is 26.7. The summed E-state index contributed by atoms with van der Waals surface area (Å²) in [7, 11) is -3.41. The summed E-state index contributed by atoms with van der Waals surface area (Å²) in [4.78, 5) is 19.4. The molecule has 0 radical (unpaired) electrons.